The topological polar surface area (TPSA) is 95.7 Å². The minimum Gasteiger partial charge on any atom is -0.372 e. The molecule has 0 aliphatic carbocycles. The summed E-state index contributed by atoms with van der Waals surface area (Å²) in [6.45, 7) is 2.25. The second-order valence-corrected chi connectivity index (χ2v) is 4.63. The molecule has 7 nitrogen and oxygen atoms in total. The zero-order chi connectivity index (χ0) is 13.8. The monoisotopic (exact) mass is 271 g/mol. The van der Waals surface area contributed by atoms with Crippen molar-refractivity contribution >= 4 is 0 Å². The van der Waals surface area contributed by atoms with Crippen LogP contribution < -0.4 is 11.1 Å². The number of H-pyrrole nitrogens is 1. The molecule has 0 saturated carbocycles. The van der Waals surface area contributed by atoms with Crippen LogP contribution in [0.4, 0.5) is 0 Å². The fraction of sp³-hybridized carbons (Fsp3) is 0.308. The number of benzene rings is 1. The van der Waals surface area contributed by atoms with Gasteiger partial charge in [-0.05, 0) is 17.3 Å². The predicted octanol–water partition coefficient (Wildman–Crippen LogP) is 0.420. The van der Waals surface area contributed by atoms with E-state index in [9.17, 15) is 0 Å². The van der Waals surface area contributed by atoms with Crippen molar-refractivity contribution < 1.29 is 0 Å². The van der Waals surface area contributed by atoms with Crippen molar-refractivity contribution in [3.05, 3.63) is 41.7 Å². The van der Waals surface area contributed by atoms with Crippen LogP contribution in [0.25, 0.3) is 11.4 Å². The van der Waals surface area contributed by atoms with Crippen LogP contribution >= 0.6 is 0 Å². The van der Waals surface area contributed by atoms with Crippen molar-refractivity contribution in [1.82, 2.24) is 30.8 Å². The van der Waals surface area contributed by atoms with Crippen LogP contribution in [0.15, 0.2) is 36.2 Å². The lowest BCUT2D eigenvalue weighted by Crippen LogP contribution is -2.24. The second-order valence-electron chi connectivity index (χ2n) is 4.63. The summed E-state index contributed by atoms with van der Waals surface area (Å²) in [6, 6.07) is 8.10. The summed E-state index contributed by atoms with van der Waals surface area (Å²) in [7, 11) is 0. The highest BCUT2D eigenvalue weighted by molar-refractivity contribution is 5.59. The number of nitrogens with zero attached hydrogens (tertiary/aromatic N) is 4. The molecule has 4 N–H and O–H groups in total. The minimum absolute atomic E-state index is 0.622. The maximum atomic E-state index is 5.64. The highest BCUT2D eigenvalue weighted by Crippen LogP contribution is 2.23. The molecule has 1 aromatic carbocycles. The summed E-state index contributed by atoms with van der Waals surface area (Å²) in [6.07, 6.45) is 2.90. The van der Waals surface area contributed by atoms with Gasteiger partial charge in [0.15, 0.2) is 0 Å². The van der Waals surface area contributed by atoms with Crippen LogP contribution in [0.2, 0.25) is 0 Å². The Morgan fingerprint density at radius 1 is 1.30 bits per heavy atom. The molecular formula is C13H17N7. The quantitative estimate of drug-likeness (QED) is 0.729. The Bertz CT molecular complexity index is 591. The van der Waals surface area contributed by atoms with Gasteiger partial charge in [-0.1, -0.05) is 24.3 Å². The molecule has 2 aromatic rings. The van der Waals surface area contributed by atoms with Crippen molar-refractivity contribution in [3.8, 4) is 11.4 Å². The smallest absolute Gasteiger partial charge is 0.205 e. The highest BCUT2D eigenvalue weighted by atomic mass is 15.5. The fourth-order valence-corrected chi connectivity index (χ4v) is 2.36. The number of tetrazole rings is 1. The fourth-order valence-electron chi connectivity index (χ4n) is 2.36. The van der Waals surface area contributed by atoms with Crippen LogP contribution in [-0.4, -0.2) is 38.7 Å². The number of hydrogen-bond donors (Lipinski definition) is 3. The molecule has 0 amide bonds. The Balaban J connectivity index is 1.83. The van der Waals surface area contributed by atoms with E-state index >= 15 is 0 Å². The molecule has 2 heterocycles. The van der Waals surface area contributed by atoms with Crippen molar-refractivity contribution in [2.75, 3.05) is 13.2 Å². The first-order valence-electron chi connectivity index (χ1n) is 6.57. The maximum absolute atomic E-state index is 5.64. The van der Waals surface area contributed by atoms with Gasteiger partial charge in [-0.2, -0.15) is 5.21 Å². The van der Waals surface area contributed by atoms with Gasteiger partial charge in [0.05, 0.1) is 6.67 Å². The maximum Gasteiger partial charge on any atom is 0.205 e. The van der Waals surface area contributed by atoms with Crippen molar-refractivity contribution in [2.24, 2.45) is 5.73 Å². The average Bonchev–Trinajstić information content (AvgIpc) is 3.12. The number of aromatic nitrogens is 4. The second kappa shape index (κ2) is 5.70. The van der Waals surface area contributed by atoms with Crippen molar-refractivity contribution in [2.45, 2.75) is 13.0 Å². The molecule has 0 unspecified atom stereocenters. The third-order valence-electron chi connectivity index (χ3n) is 3.32. The standard InChI is InChI=1S/C13H17N7/c14-6-5-11-7-15-9-20(11)8-10-3-1-2-4-12(10)13-16-18-19-17-13/h1-4,7,15H,5-6,8-9,14H2,(H,16,17,18,19). The van der Waals surface area contributed by atoms with E-state index in [1.54, 1.807) is 0 Å². The first kappa shape index (κ1) is 12.6. The molecular weight excluding hydrogens is 254 g/mol. The zero-order valence-electron chi connectivity index (χ0n) is 11.1. The molecule has 0 radical (unpaired) electrons. The number of nitrogens with two attached hydrogens (primary N) is 1. The lowest BCUT2D eigenvalue weighted by atomic mass is 10.1. The van der Waals surface area contributed by atoms with Crippen molar-refractivity contribution in [1.29, 1.82) is 0 Å². The van der Waals surface area contributed by atoms with Crippen LogP contribution in [0, 0.1) is 0 Å². The molecule has 3 rings (SSSR count). The molecule has 0 fully saturated rings. The summed E-state index contributed by atoms with van der Waals surface area (Å²) < 4.78 is 0. The zero-order valence-corrected chi connectivity index (χ0v) is 11.1. The van der Waals surface area contributed by atoms with Crippen LogP contribution in [0.5, 0.6) is 0 Å². The van der Waals surface area contributed by atoms with Gasteiger partial charge in [-0.15, -0.1) is 10.2 Å². The molecule has 104 valence electrons. The first-order valence-corrected chi connectivity index (χ1v) is 6.57. The van der Waals surface area contributed by atoms with Crippen molar-refractivity contribution in [3.63, 3.8) is 0 Å². The van der Waals surface area contributed by atoms with Gasteiger partial charge in [0, 0.05) is 30.4 Å². The van der Waals surface area contributed by atoms with E-state index in [1.165, 1.54) is 11.3 Å². The van der Waals surface area contributed by atoms with E-state index in [1.807, 2.05) is 24.4 Å². The van der Waals surface area contributed by atoms with Gasteiger partial charge < -0.3 is 16.0 Å². The third kappa shape index (κ3) is 2.48. The SMILES string of the molecule is NCCC1=CNCN1Cc1ccccc1-c1nn[nH]n1. The number of nitrogens with one attached hydrogen (secondary N) is 2. The van der Waals surface area contributed by atoms with Crippen LogP contribution in [0.3, 0.4) is 0 Å². The van der Waals surface area contributed by atoms with Gasteiger partial charge in [-0.3, -0.25) is 0 Å². The van der Waals surface area contributed by atoms with E-state index < -0.39 is 0 Å². The van der Waals surface area contributed by atoms with E-state index in [-0.39, 0.29) is 0 Å². The Labute approximate surface area is 116 Å². The molecule has 0 atom stereocenters. The van der Waals surface area contributed by atoms with Crippen LogP contribution in [-0.2, 0) is 6.54 Å². The number of aromatic amines is 1. The van der Waals surface area contributed by atoms with Gasteiger partial charge in [0.1, 0.15) is 0 Å². The molecule has 0 saturated heterocycles. The molecule has 0 bridgehead atoms. The lowest BCUT2D eigenvalue weighted by Gasteiger charge is -2.22. The van der Waals surface area contributed by atoms with Gasteiger partial charge in [0.25, 0.3) is 0 Å². The summed E-state index contributed by atoms with van der Waals surface area (Å²) in [5.41, 5.74) is 9.04. The Morgan fingerprint density at radius 2 is 2.20 bits per heavy atom. The Hall–Kier alpha value is -2.41. The number of rotatable bonds is 5. The molecule has 1 aromatic heterocycles. The third-order valence-corrected chi connectivity index (χ3v) is 3.32. The lowest BCUT2D eigenvalue weighted by molar-refractivity contribution is 0.346. The normalized spacial score (nSPS) is 14.2. The van der Waals surface area contributed by atoms with E-state index in [2.05, 4.69) is 36.9 Å². The number of hydrogen-bond acceptors (Lipinski definition) is 6. The first-order chi connectivity index (χ1) is 9.88. The van der Waals surface area contributed by atoms with Gasteiger partial charge >= 0.3 is 0 Å². The van der Waals surface area contributed by atoms with Crippen LogP contribution in [0.1, 0.15) is 12.0 Å². The molecule has 1 aliphatic rings. The largest absolute Gasteiger partial charge is 0.372 e. The average molecular weight is 271 g/mol. The van der Waals surface area contributed by atoms with E-state index in [4.69, 9.17) is 5.73 Å². The van der Waals surface area contributed by atoms with Gasteiger partial charge in [0.2, 0.25) is 5.82 Å². The minimum atomic E-state index is 0.622. The summed E-state index contributed by atoms with van der Waals surface area (Å²) >= 11 is 0. The Morgan fingerprint density at radius 3 is 3.00 bits per heavy atom. The molecule has 7 heteroatoms. The molecule has 0 spiro atoms. The van der Waals surface area contributed by atoms with Gasteiger partial charge in [-0.25, -0.2) is 0 Å². The molecule has 20 heavy (non-hydrogen) atoms. The predicted molar refractivity (Wildman–Crippen MR) is 74.9 cm³/mol. The summed E-state index contributed by atoms with van der Waals surface area (Å²) in [5.74, 6) is 0.622. The summed E-state index contributed by atoms with van der Waals surface area (Å²) in [4.78, 5) is 2.27. The highest BCUT2D eigenvalue weighted by Gasteiger charge is 2.17. The van der Waals surface area contributed by atoms with E-state index in [0.717, 1.165) is 25.2 Å². The molecule has 1 aliphatic heterocycles. The van der Waals surface area contributed by atoms with E-state index in [0.29, 0.717) is 12.4 Å². The Kier molecular flexibility index (Phi) is 3.60. The summed E-state index contributed by atoms with van der Waals surface area (Å²) in [5, 5.41) is 17.5.